The van der Waals surface area contributed by atoms with Gasteiger partial charge in [-0.2, -0.15) is 5.26 Å². The quantitative estimate of drug-likeness (QED) is 0.321. The first-order valence-electron chi connectivity index (χ1n) is 15.3. The van der Waals surface area contributed by atoms with Gasteiger partial charge in [0.2, 0.25) is 5.91 Å². The lowest BCUT2D eigenvalue weighted by molar-refractivity contribution is -0.142. The van der Waals surface area contributed by atoms with Crippen LogP contribution >= 0.6 is 11.3 Å². The third-order valence-corrected chi connectivity index (χ3v) is 10.2. The van der Waals surface area contributed by atoms with Crippen molar-refractivity contribution < 1.29 is 23.8 Å². The minimum Gasteiger partial charge on any atom is -0.389 e. The molecule has 13 heteroatoms. The molecule has 2 aromatic carbocycles. The van der Waals surface area contributed by atoms with Gasteiger partial charge < -0.3 is 24.9 Å². The van der Waals surface area contributed by atoms with Gasteiger partial charge in [-0.05, 0) is 56.2 Å². The van der Waals surface area contributed by atoms with Gasteiger partial charge in [-0.1, -0.05) is 11.3 Å². The first kappa shape index (κ1) is 30.4. The lowest BCUT2D eigenvalue weighted by Gasteiger charge is -2.43. The average Bonchev–Trinajstić information content (AvgIpc) is 3.62. The Kier molecular flexibility index (Phi) is 7.84. The van der Waals surface area contributed by atoms with E-state index in [2.05, 4.69) is 20.9 Å². The van der Waals surface area contributed by atoms with Crippen molar-refractivity contribution in [1.82, 2.24) is 19.8 Å². The summed E-state index contributed by atoms with van der Waals surface area (Å²) in [5.41, 5.74) is 3.81. The number of hydrogen-bond acceptors (Lipinski definition) is 10. The van der Waals surface area contributed by atoms with Crippen LogP contribution in [0, 0.1) is 23.0 Å². The molecule has 0 spiro atoms. The number of aromatic nitrogens is 2. The maximum Gasteiger partial charge on any atom is 0.236 e. The average molecular weight is 646 g/mol. The molecule has 0 bridgehead atoms. The van der Waals surface area contributed by atoms with E-state index in [0.29, 0.717) is 89.3 Å². The zero-order valence-corrected chi connectivity index (χ0v) is 26.3. The molecular weight excluding hydrogens is 612 g/mol. The molecule has 4 aromatic rings. The summed E-state index contributed by atoms with van der Waals surface area (Å²) in [5, 5.41) is 31.3. The van der Waals surface area contributed by atoms with Crippen LogP contribution in [0.2, 0.25) is 0 Å². The van der Waals surface area contributed by atoms with Crippen LogP contribution in [0.1, 0.15) is 35.6 Å². The molecule has 7 rings (SSSR count). The highest BCUT2D eigenvalue weighted by molar-refractivity contribution is 7.16. The van der Waals surface area contributed by atoms with Crippen molar-refractivity contribution in [3.05, 3.63) is 64.2 Å². The minimum atomic E-state index is -0.818. The van der Waals surface area contributed by atoms with Crippen LogP contribution in [0.5, 0.6) is 0 Å². The van der Waals surface area contributed by atoms with E-state index in [0.717, 1.165) is 5.56 Å². The highest BCUT2D eigenvalue weighted by Crippen LogP contribution is 2.45. The van der Waals surface area contributed by atoms with E-state index in [9.17, 15) is 24.7 Å². The van der Waals surface area contributed by atoms with E-state index in [1.807, 2.05) is 24.9 Å². The van der Waals surface area contributed by atoms with Crippen molar-refractivity contribution in [3.8, 4) is 17.3 Å². The van der Waals surface area contributed by atoms with E-state index >= 15 is 4.39 Å². The Morgan fingerprint density at radius 1 is 1.13 bits per heavy atom. The molecule has 2 aliphatic heterocycles. The van der Waals surface area contributed by atoms with Crippen LogP contribution in [0.25, 0.3) is 22.2 Å². The number of β-amino-alcohol motifs (C(OH)–C–C–N with tert-alkyl or cyclic N) is 1. The number of piperazine rings is 1. The fraction of sp³-hybridized carbons (Fsp3) is 0.394. The number of nitrogens with zero attached hydrogens (tertiary/aromatic N) is 7. The van der Waals surface area contributed by atoms with Gasteiger partial charge in [0.15, 0.2) is 10.9 Å². The zero-order chi connectivity index (χ0) is 32.3. The number of halogens is 2. The summed E-state index contributed by atoms with van der Waals surface area (Å²) in [4.78, 5) is 30.1. The summed E-state index contributed by atoms with van der Waals surface area (Å²) in [6, 6.07) is 11.4. The predicted molar refractivity (Wildman–Crippen MR) is 171 cm³/mol. The highest BCUT2D eigenvalue weighted by atomic mass is 32.1. The second-order valence-corrected chi connectivity index (χ2v) is 13.3. The van der Waals surface area contributed by atoms with Crippen LogP contribution in [-0.2, 0) is 11.2 Å². The van der Waals surface area contributed by atoms with E-state index in [4.69, 9.17) is 4.98 Å². The van der Waals surface area contributed by atoms with E-state index in [1.54, 1.807) is 17.0 Å². The normalized spacial score (nSPS) is 20.1. The van der Waals surface area contributed by atoms with Gasteiger partial charge in [0.05, 0.1) is 30.1 Å². The lowest BCUT2D eigenvalue weighted by atomic mass is 10.0. The van der Waals surface area contributed by atoms with Gasteiger partial charge in [0.25, 0.3) is 0 Å². The van der Waals surface area contributed by atoms with Gasteiger partial charge in [-0.15, -0.1) is 0 Å². The highest BCUT2D eigenvalue weighted by Gasteiger charge is 2.34. The number of carbonyl (C=O) groups excluding carboxylic acids is 1. The zero-order valence-electron chi connectivity index (χ0n) is 25.5. The van der Waals surface area contributed by atoms with Crippen LogP contribution in [0.3, 0.4) is 0 Å². The SMILES string of the molecule is C[C@@H]1CN(CC(=O)N2CC(O)C2)CCN1c1cc(F)c2nc3c(c(N(C)c4nc(-c5ccc(F)cc5)c(C#N)s4)c2c1)CC[C@H]3O. The summed E-state index contributed by atoms with van der Waals surface area (Å²) < 4.78 is 29.6. The van der Waals surface area contributed by atoms with E-state index in [-0.39, 0.29) is 29.8 Å². The second-order valence-electron chi connectivity index (χ2n) is 12.3. The molecule has 2 atom stereocenters. The van der Waals surface area contributed by atoms with Gasteiger partial charge in [-0.3, -0.25) is 9.69 Å². The van der Waals surface area contributed by atoms with Crippen molar-refractivity contribution in [1.29, 1.82) is 5.26 Å². The summed E-state index contributed by atoms with van der Waals surface area (Å²) in [6.07, 6.45) is -0.249. The number of anilines is 3. The molecule has 46 heavy (non-hydrogen) atoms. The maximum absolute atomic E-state index is 16.0. The molecule has 2 fully saturated rings. The van der Waals surface area contributed by atoms with Crippen molar-refractivity contribution in [2.45, 2.75) is 38.0 Å². The third-order valence-electron chi connectivity index (χ3n) is 9.19. The minimum absolute atomic E-state index is 0.00169. The maximum atomic E-state index is 16.0. The second kappa shape index (κ2) is 11.9. The summed E-state index contributed by atoms with van der Waals surface area (Å²) >= 11 is 1.19. The smallest absolute Gasteiger partial charge is 0.236 e. The Morgan fingerprint density at radius 3 is 2.59 bits per heavy atom. The number of pyridine rings is 1. The molecule has 0 unspecified atom stereocenters. The first-order chi connectivity index (χ1) is 22.1. The number of aliphatic hydroxyl groups excluding tert-OH is 2. The van der Waals surface area contributed by atoms with Crippen molar-refractivity contribution in [3.63, 3.8) is 0 Å². The molecule has 0 saturated carbocycles. The van der Waals surface area contributed by atoms with Crippen molar-refractivity contribution in [2.24, 2.45) is 0 Å². The van der Waals surface area contributed by atoms with Crippen LogP contribution < -0.4 is 9.80 Å². The number of hydrogen-bond donors (Lipinski definition) is 2. The number of likely N-dealkylation sites (tertiary alicyclic amines) is 1. The molecule has 2 N–H and O–H groups in total. The molecule has 0 radical (unpaired) electrons. The Hall–Kier alpha value is -4.22. The topological polar surface area (TPSA) is 120 Å². The number of amides is 1. The summed E-state index contributed by atoms with van der Waals surface area (Å²) in [7, 11) is 1.81. The molecule has 238 valence electrons. The largest absolute Gasteiger partial charge is 0.389 e. The van der Waals surface area contributed by atoms with Crippen LogP contribution in [0.15, 0.2) is 36.4 Å². The summed E-state index contributed by atoms with van der Waals surface area (Å²) in [6.45, 7) is 4.91. The van der Waals surface area contributed by atoms with Gasteiger partial charge >= 0.3 is 0 Å². The van der Waals surface area contributed by atoms with Crippen LogP contribution in [-0.4, -0.2) is 94.4 Å². The molecule has 2 saturated heterocycles. The molecule has 10 nitrogen and oxygen atoms in total. The van der Waals surface area contributed by atoms with Gasteiger partial charge in [0, 0.05) is 68.0 Å². The predicted octanol–water partition coefficient (Wildman–Crippen LogP) is 3.97. The third kappa shape index (κ3) is 5.35. The van der Waals surface area contributed by atoms with Gasteiger partial charge in [-0.25, -0.2) is 18.7 Å². The Labute approximate surface area is 268 Å². The number of benzene rings is 2. The number of thiazole rings is 1. The van der Waals surface area contributed by atoms with E-state index in [1.165, 1.54) is 29.5 Å². The Morgan fingerprint density at radius 2 is 1.89 bits per heavy atom. The number of fused-ring (bicyclic) bond motifs is 2. The van der Waals surface area contributed by atoms with E-state index < -0.39 is 18.0 Å². The van der Waals surface area contributed by atoms with Crippen molar-refractivity contribution in [2.75, 3.05) is 56.1 Å². The molecule has 2 aromatic heterocycles. The number of rotatable bonds is 6. The number of carbonyl (C=O) groups is 1. The number of aliphatic hydroxyl groups is 2. The number of nitriles is 1. The Balaban J connectivity index is 1.24. The van der Waals surface area contributed by atoms with Gasteiger partial charge in [0.1, 0.15) is 28.0 Å². The molecule has 3 aliphatic rings. The molecule has 1 aliphatic carbocycles. The monoisotopic (exact) mass is 645 g/mol. The Bertz CT molecular complexity index is 1870. The molecule has 1 amide bonds. The standard InChI is InChI=1S/C33H33F2N7O3S/c1-18-14-40(17-28(45)41-15-22(43)16-41)9-10-42(18)21-11-24-30(25(35)12-21)37-31-23(7-8-26(31)44)32(24)39(2)33-38-29(27(13-36)46-33)19-3-5-20(34)6-4-19/h3-6,11-12,18,22,26,43-44H,7-10,14-17H2,1-2H3/t18-,26-/m1/s1. The first-order valence-corrected chi connectivity index (χ1v) is 16.1. The molecular formula is C33H33F2N7O3S. The van der Waals surface area contributed by atoms with Crippen molar-refractivity contribution >= 4 is 44.7 Å². The van der Waals surface area contributed by atoms with Crippen LogP contribution in [0.4, 0.5) is 25.3 Å². The fourth-order valence-electron chi connectivity index (χ4n) is 6.78. The molecule has 4 heterocycles. The fourth-order valence-corrected chi connectivity index (χ4v) is 7.63. The summed E-state index contributed by atoms with van der Waals surface area (Å²) in [5.74, 6) is -0.891. The lowest BCUT2D eigenvalue weighted by Crippen LogP contribution is -2.58.